The summed E-state index contributed by atoms with van der Waals surface area (Å²) in [7, 11) is 0. The molecule has 0 aliphatic heterocycles. The molecule has 0 saturated heterocycles. The summed E-state index contributed by atoms with van der Waals surface area (Å²) in [5.74, 6) is -7.53. The summed E-state index contributed by atoms with van der Waals surface area (Å²) in [4.78, 5) is 11.5. The Morgan fingerprint density at radius 2 is 2.00 bits per heavy atom. The second kappa shape index (κ2) is 5.89. The van der Waals surface area contributed by atoms with Crippen LogP contribution in [-0.2, 0) is 0 Å². The lowest BCUT2D eigenvalue weighted by Crippen LogP contribution is -2.43. The number of benzene rings is 1. The Morgan fingerprint density at radius 3 is 2.53 bits per heavy atom. The van der Waals surface area contributed by atoms with Crippen molar-refractivity contribution in [3.05, 3.63) is 29.1 Å². The van der Waals surface area contributed by atoms with Crippen LogP contribution in [0.1, 0.15) is 17.3 Å². The second-order valence-electron chi connectivity index (χ2n) is 4.00. The van der Waals surface area contributed by atoms with E-state index in [4.69, 9.17) is 15.9 Å². The molecular formula is C11H13F3N2O3. The maximum Gasteiger partial charge on any atom is 0.254 e. The van der Waals surface area contributed by atoms with Gasteiger partial charge in [-0.15, -0.1) is 0 Å². The van der Waals surface area contributed by atoms with Crippen molar-refractivity contribution >= 4 is 5.91 Å². The van der Waals surface area contributed by atoms with E-state index in [1.54, 1.807) is 0 Å². The molecule has 0 bridgehead atoms. The number of nitrogens with one attached hydrogen (secondary N) is 1. The van der Waals surface area contributed by atoms with Crippen LogP contribution in [-0.4, -0.2) is 34.8 Å². The van der Waals surface area contributed by atoms with Crippen molar-refractivity contribution in [2.24, 2.45) is 5.73 Å². The van der Waals surface area contributed by atoms with Gasteiger partial charge < -0.3 is 21.3 Å². The van der Waals surface area contributed by atoms with Gasteiger partial charge in [0, 0.05) is 12.6 Å². The van der Waals surface area contributed by atoms with Gasteiger partial charge in [0.15, 0.2) is 17.4 Å². The number of phenolic OH excluding ortho intramolecular Hbond substituents is 1. The van der Waals surface area contributed by atoms with Crippen LogP contribution in [0.2, 0.25) is 0 Å². The number of aliphatic hydroxyl groups is 1. The lowest BCUT2D eigenvalue weighted by molar-refractivity contribution is 0.0932. The van der Waals surface area contributed by atoms with Crippen LogP contribution in [0.3, 0.4) is 0 Å². The van der Waals surface area contributed by atoms with Crippen molar-refractivity contribution in [2.75, 3.05) is 6.54 Å². The quantitative estimate of drug-likeness (QED) is 0.594. The molecule has 5 nitrogen and oxygen atoms in total. The first-order chi connectivity index (χ1) is 8.75. The SMILES string of the molecule is CC(O)C(N)CNC(=O)c1cc(F)c(F)c(O)c1F. The Kier molecular flexibility index (Phi) is 4.73. The molecule has 0 heterocycles. The van der Waals surface area contributed by atoms with Crippen molar-refractivity contribution in [1.29, 1.82) is 0 Å². The smallest absolute Gasteiger partial charge is 0.254 e. The molecule has 0 saturated carbocycles. The zero-order valence-electron chi connectivity index (χ0n) is 9.95. The van der Waals surface area contributed by atoms with Gasteiger partial charge in [-0.1, -0.05) is 0 Å². The fourth-order valence-electron chi connectivity index (χ4n) is 1.23. The van der Waals surface area contributed by atoms with Crippen LogP contribution in [0.4, 0.5) is 13.2 Å². The highest BCUT2D eigenvalue weighted by Gasteiger charge is 2.22. The van der Waals surface area contributed by atoms with E-state index in [1.807, 2.05) is 0 Å². The summed E-state index contributed by atoms with van der Waals surface area (Å²) in [6, 6.07) is -0.473. The predicted octanol–water partition coefficient (Wildman–Crippen LogP) is 0.247. The molecule has 2 atom stereocenters. The van der Waals surface area contributed by atoms with Crippen LogP contribution in [0.5, 0.6) is 5.75 Å². The number of carbonyl (C=O) groups excluding carboxylic acids is 1. The predicted molar refractivity (Wildman–Crippen MR) is 60.0 cm³/mol. The standard InChI is InChI=1S/C11H13F3N2O3/c1-4(17)7(15)3-16-11(19)5-2-6(12)9(14)10(18)8(5)13/h2,4,7,17-18H,3,15H2,1H3,(H,16,19). The molecule has 0 spiro atoms. The van der Waals surface area contributed by atoms with Gasteiger partial charge >= 0.3 is 0 Å². The molecule has 5 N–H and O–H groups in total. The Hall–Kier alpha value is -1.80. The van der Waals surface area contributed by atoms with Gasteiger partial charge in [-0.05, 0) is 13.0 Å². The second-order valence-corrected chi connectivity index (χ2v) is 4.00. The molecule has 2 unspecified atom stereocenters. The number of carbonyl (C=O) groups is 1. The molecule has 1 aromatic rings. The summed E-state index contributed by atoms with van der Waals surface area (Å²) < 4.78 is 39.1. The summed E-state index contributed by atoms with van der Waals surface area (Å²) in [5, 5.41) is 20.2. The Bertz CT molecular complexity index is 495. The van der Waals surface area contributed by atoms with Gasteiger partial charge in [0.2, 0.25) is 5.82 Å². The van der Waals surface area contributed by atoms with E-state index >= 15 is 0 Å². The zero-order valence-corrected chi connectivity index (χ0v) is 9.95. The minimum Gasteiger partial charge on any atom is -0.503 e. The van der Waals surface area contributed by atoms with Crippen LogP contribution in [0.15, 0.2) is 6.07 Å². The van der Waals surface area contributed by atoms with Crippen LogP contribution < -0.4 is 11.1 Å². The number of hydrogen-bond donors (Lipinski definition) is 4. The van der Waals surface area contributed by atoms with E-state index in [-0.39, 0.29) is 6.54 Å². The van der Waals surface area contributed by atoms with Gasteiger partial charge in [0.05, 0.1) is 11.7 Å². The first-order valence-electron chi connectivity index (χ1n) is 5.34. The van der Waals surface area contributed by atoms with E-state index in [9.17, 15) is 18.0 Å². The van der Waals surface area contributed by atoms with Crippen molar-refractivity contribution in [2.45, 2.75) is 19.1 Å². The third-order valence-electron chi connectivity index (χ3n) is 2.50. The number of aromatic hydroxyl groups is 1. The first kappa shape index (κ1) is 15.3. The molecule has 1 amide bonds. The van der Waals surface area contributed by atoms with Gasteiger partial charge in [-0.3, -0.25) is 4.79 Å². The van der Waals surface area contributed by atoms with Crippen LogP contribution in [0, 0.1) is 17.5 Å². The maximum absolute atomic E-state index is 13.4. The summed E-state index contributed by atoms with van der Waals surface area (Å²) >= 11 is 0. The minimum absolute atomic E-state index is 0.199. The Balaban J connectivity index is 2.89. The van der Waals surface area contributed by atoms with E-state index in [2.05, 4.69) is 5.32 Å². The number of aliphatic hydroxyl groups excluding tert-OH is 1. The van der Waals surface area contributed by atoms with Crippen molar-refractivity contribution in [3.8, 4) is 5.75 Å². The highest BCUT2D eigenvalue weighted by atomic mass is 19.2. The highest BCUT2D eigenvalue weighted by molar-refractivity contribution is 5.95. The number of amides is 1. The molecule has 1 aromatic carbocycles. The van der Waals surface area contributed by atoms with Crippen molar-refractivity contribution in [1.82, 2.24) is 5.32 Å². The topological polar surface area (TPSA) is 95.6 Å². The normalized spacial score (nSPS) is 14.0. The van der Waals surface area contributed by atoms with Gasteiger partial charge in [0.1, 0.15) is 0 Å². The molecule has 0 aliphatic carbocycles. The number of phenols is 1. The average Bonchev–Trinajstić information content (AvgIpc) is 2.37. The number of nitrogens with two attached hydrogens (primary N) is 1. The average molecular weight is 278 g/mol. The van der Waals surface area contributed by atoms with Gasteiger partial charge in [-0.2, -0.15) is 4.39 Å². The van der Waals surface area contributed by atoms with Gasteiger partial charge in [0.25, 0.3) is 5.91 Å². The summed E-state index contributed by atoms with van der Waals surface area (Å²) in [6.07, 6.45) is -0.913. The number of rotatable bonds is 4. The molecule has 0 fully saturated rings. The van der Waals surface area contributed by atoms with E-state index in [0.29, 0.717) is 6.07 Å². The Labute approximate surface area is 106 Å². The molecule has 106 valence electrons. The largest absolute Gasteiger partial charge is 0.503 e. The lowest BCUT2D eigenvalue weighted by atomic mass is 10.1. The number of hydrogen-bond acceptors (Lipinski definition) is 4. The fraction of sp³-hybridized carbons (Fsp3) is 0.364. The minimum atomic E-state index is -1.77. The molecule has 0 aromatic heterocycles. The summed E-state index contributed by atoms with van der Waals surface area (Å²) in [6.45, 7) is 1.19. The fourth-order valence-corrected chi connectivity index (χ4v) is 1.23. The third kappa shape index (κ3) is 3.36. The molecule has 0 aliphatic rings. The molecular weight excluding hydrogens is 265 g/mol. The third-order valence-corrected chi connectivity index (χ3v) is 2.50. The number of halogens is 3. The first-order valence-corrected chi connectivity index (χ1v) is 5.34. The molecule has 19 heavy (non-hydrogen) atoms. The molecule has 8 heteroatoms. The molecule has 1 rings (SSSR count). The maximum atomic E-state index is 13.4. The molecule has 0 radical (unpaired) electrons. The lowest BCUT2D eigenvalue weighted by Gasteiger charge is -2.15. The van der Waals surface area contributed by atoms with Crippen molar-refractivity contribution < 1.29 is 28.2 Å². The van der Waals surface area contributed by atoms with Crippen LogP contribution in [0.25, 0.3) is 0 Å². The Morgan fingerprint density at radius 1 is 1.42 bits per heavy atom. The highest BCUT2D eigenvalue weighted by Crippen LogP contribution is 2.25. The van der Waals surface area contributed by atoms with Crippen LogP contribution >= 0.6 is 0 Å². The van der Waals surface area contributed by atoms with Gasteiger partial charge in [-0.25, -0.2) is 8.78 Å². The van der Waals surface area contributed by atoms with E-state index in [1.165, 1.54) is 6.92 Å². The van der Waals surface area contributed by atoms with E-state index in [0.717, 1.165) is 0 Å². The summed E-state index contributed by atoms with van der Waals surface area (Å²) in [5.41, 5.74) is 4.57. The zero-order chi connectivity index (χ0) is 14.7. The monoisotopic (exact) mass is 278 g/mol. The van der Waals surface area contributed by atoms with E-state index < -0.39 is 46.8 Å². The van der Waals surface area contributed by atoms with Crippen molar-refractivity contribution in [3.63, 3.8) is 0 Å².